The third-order valence-electron chi connectivity index (χ3n) is 3.47. The summed E-state index contributed by atoms with van der Waals surface area (Å²) in [6, 6.07) is 7.48. The number of nitrogens with two attached hydrogens (primary N) is 1. The Morgan fingerprint density at radius 3 is 3.05 bits per heavy atom. The van der Waals surface area contributed by atoms with Crippen molar-refractivity contribution < 1.29 is 9.53 Å². The molecule has 0 saturated carbocycles. The molecule has 1 fully saturated rings. The van der Waals surface area contributed by atoms with Gasteiger partial charge in [-0.2, -0.15) is 0 Å². The number of likely N-dealkylation sites (N-methyl/N-ethyl adjacent to an activating group) is 1. The fraction of sp³-hybridized carbons (Fsp3) is 0.438. The molecule has 4 nitrogen and oxygen atoms in total. The lowest BCUT2D eigenvalue weighted by atomic mass is 10.2. The van der Waals surface area contributed by atoms with Crippen LogP contribution in [0.1, 0.15) is 25.3 Å². The molecule has 1 aromatic rings. The molecule has 1 amide bonds. The van der Waals surface area contributed by atoms with E-state index in [-0.39, 0.29) is 12.0 Å². The molecule has 1 saturated heterocycles. The van der Waals surface area contributed by atoms with Crippen molar-refractivity contribution in [2.45, 2.75) is 25.9 Å². The van der Waals surface area contributed by atoms with Gasteiger partial charge in [0.2, 0.25) is 5.91 Å². The number of benzene rings is 1. The topological polar surface area (TPSA) is 55.6 Å². The summed E-state index contributed by atoms with van der Waals surface area (Å²) in [7, 11) is 0. The van der Waals surface area contributed by atoms with Crippen LogP contribution >= 0.6 is 0 Å². The van der Waals surface area contributed by atoms with Gasteiger partial charge < -0.3 is 15.4 Å². The van der Waals surface area contributed by atoms with Gasteiger partial charge in [-0.1, -0.05) is 12.1 Å². The Hall–Kier alpha value is -1.81. The van der Waals surface area contributed by atoms with E-state index in [1.54, 1.807) is 12.2 Å². The van der Waals surface area contributed by atoms with Gasteiger partial charge in [0.1, 0.15) is 0 Å². The molecule has 0 radical (unpaired) electrons. The van der Waals surface area contributed by atoms with Gasteiger partial charge in [-0.05, 0) is 43.5 Å². The van der Waals surface area contributed by atoms with Gasteiger partial charge >= 0.3 is 0 Å². The number of rotatable bonds is 5. The number of carbonyl (C=O) groups excluding carboxylic acids is 1. The number of carbonyl (C=O) groups is 1. The summed E-state index contributed by atoms with van der Waals surface area (Å²) in [6.45, 7) is 4.17. The first-order chi connectivity index (χ1) is 9.69. The molecule has 108 valence electrons. The molecule has 1 aromatic carbocycles. The third-order valence-corrected chi connectivity index (χ3v) is 3.47. The van der Waals surface area contributed by atoms with E-state index < -0.39 is 0 Å². The average Bonchev–Trinajstić information content (AvgIpc) is 2.95. The van der Waals surface area contributed by atoms with E-state index in [0.29, 0.717) is 18.8 Å². The normalized spacial score (nSPS) is 18.6. The highest BCUT2D eigenvalue weighted by Gasteiger charge is 2.20. The predicted octanol–water partition coefficient (Wildman–Crippen LogP) is 2.31. The van der Waals surface area contributed by atoms with Crippen molar-refractivity contribution in [3.05, 3.63) is 35.9 Å². The largest absolute Gasteiger partial charge is 0.399 e. The highest BCUT2D eigenvalue weighted by Crippen LogP contribution is 2.14. The van der Waals surface area contributed by atoms with Crippen LogP contribution in [-0.2, 0) is 9.53 Å². The third kappa shape index (κ3) is 4.10. The Labute approximate surface area is 120 Å². The lowest BCUT2D eigenvalue weighted by Gasteiger charge is -2.22. The fourth-order valence-electron chi connectivity index (χ4n) is 2.34. The minimum Gasteiger partial charge on any atom is -0.399 e. The molecule has 0 bridgehead atoms. The van der Waals surface area contributed by atoms with E-state index in [2.05, 4.69) is 0 Å². The Morgan fingerprint density at radius 1 is 1.55 bits per heavy atom. The number of nitrogen functional groups attached to an aromatic ring is 1. The van der Waals surface area contributed by atoms with Crippen LogP contribution in [0.25, 0.3) is 6.08 Å². The smallest absolute Gasteiger partial charge is 0.246 e. The van der Waals surface area contributed by atoms with Crippen LogP contribution in [0.15, 0.2) is 30.3 Å². The summed E-state index contributed by atoms with van der Waals surface area (Å²) in [4.78, 5) is 14.0. The van der Waals surface area contributed by atoms with Gasteiger partial charge in [-0.25, -0.2) is 0 Å². The molecule has 1 unspecified atom stereocenters. The minimum absolute atomic E-state index is 0.0189. The molecule has 1 aliphatic heterocycles. The van der Waals surface area contributed by atoms with Crippen LogP contribution in [0.2, 0.25) is 0 Å². The van der Waals surface area contributed by atoms with E-state index in [0.717, 1.165) is 25.0 Å². The number of nitrogens with zero attached hydrogens (tertiary/aromatic N) is 1. The lowest BCUT2D eigenvalue weighted by Crippen LogP contribution is -2.36. The minimum atomic E-state index is 0.0189. The van der Waals surface area contributed by atoms with Crippen LogP contribution in [-0.4, -0.2) is 36.6 Å². The zero-order chi connectivity index (χ0) is 14.4. The zero-order valence-corrected chi connectivity index (χ0v) is 11.9. The maximum Gasteiger partial charge on any atom is 0.246 e. The summed E-state index contributed by atoms with van der Waals surface area (Å²) in [5.41, 5.74) is 7.35. The summed E-state index contributed by atoms with van der Waals surface area (Å²) < 4.78 is 5.58. The molecule has 0 aliphatic carbocycles. The quantitative estimate of drug-likeness (QED) is 0.662. The van der Waals surface area contributed by atoms with E-state index in [1.165, 1.54) is 0 Å². The maximum absolute atomic E-state index is 12.2. The number of ether oxygens (including phenoxy) is 1. The van der Waals surface area contributed by atoms with E-state index in [4.69, 9.17) is 10.5 Å². The van der Waals surface area contributed by atoms with Crippen LogP contribution in [0.5, 0.6) is 0 Å². The molecule has 4 heteroatoms. The van der Waals surface area contributed by atoms with E-state index in [1.807, 2.05) is 36.1 Å². The van der Waals surface area contributed by atoms with Gasteiger partial charge in [-0.3, -0.25) is 4.79 Å². The first-order valence-electron chi connectivity index (χ1n) is 7.13. The van der Waals surface area contributed by atoms with E-state index in [9.17, 15) is 4.79 Å². The monoisotopic (exact) mass is 274 g/mol. The highest BCUT2D eigenvalue weighted by atomic mass is 16.5. The summed E-state index contributed by atoms with van der Waals surface area (Å²) >= 11 is 0. The Kier molecular flexibility index (Phi) is 5.18. The van der Waals surface area contributed by atoms with Crippen molar-refractivity contribution >= 4 is 17.7 Å². The number of anilines is 1. The summed E-state index contributed by atoms with van der Waals surface area (Å²) in [5.74, 6) is 0.0189. The van der Waals surface area contributed by atoms with Crippen molar-refractivity contribution in [1.82, 2.24) is 4.90 Å². The molecular weight excluding hydrogens is 252 g/mol. The molecule has 1 atom stereocenters. The SMILES string of the molecule is CCN(CC1CCCO1)C(=O)/C=C/c1cccc(N)c1. The fourth-order valence-corrected chi connectivity index (χ4v) is 2.34. The van der Waals surface area contributed by atoms with Crippen molar-refractivity contribution in [1.29, 1.82) is 0 Å². The van der Waals surface area contributed by atoms with Crippen LogP contribution in [0.4, 0.5) is 5.69 Å². The standard InChI is InChI=1S/C16H22N2O2/c1-2-18(12-15-7-4-10-20-15)16(19)9-8-13-5-3-6-14(17)11-13/h3,5-6,8-9,11,15H,2,4,7,10,12,17H2,1H3/b9-8+. The number of amides is 1. The second-order valence-corrected chi connectivity index (χ2v) is 5.02. The molecule has 0 spiro atoms. The first-order valence-corrected chi connectivity index (χ1v) is 7.13. The van der Waals surface area contributed by atoms with Crippen LogP contribution in [0, 0.1) is 0 Å². The summed E-state index contributed by atoms with van der Waals surface area (Å²) in [6.07, 6.45) is 5.74. The average molecular weight is 274 g/mol. The molecule has 2 N–H and O–H groups in total. The Bertz CT molecular complexity index is 479. The first kappa shape index (κ1) is 14.6. The van der Waals surface area contributed by atoms with Crippen LogP contribution in [0.3, 0.4) is 0 Å². The Balaban J connectivity index is 1.94. The van der Waals surface area contributed by atoms with Crippen molar-refractivity contribution in [2.75, 3.05) is 25.4 Å². The van der Waals surface area contributed by atoms with Gasteiger partial charge in [0.15, 0.2) is 0 Å². The Morgan fingerprint density at radius 2 is 2.40 bits per heavy atom. The van der Waals surface area contributed by atoms with Crippen LogP contribution < -0.4 is 5.73 Å². The number of hydrogen-bond acceptors (Lipinski definition) is 3. The molecular formula is C16H22N2O2. The van der Waals surface area contributed by atoms with Crippen molar-refractivity contribution in [3.63, 3.8) is 0 Å². The molecule has 2 rings (SSSR count). The van der Waals surface area contributed by atoms with Gasteiger partial charge in [-0.15, -0.1) is 0 Å². The number of hydrogen-bond donors (Lipinski definition) is 1. The van der Waals surface area contributed by atoms with Crippen molar-refractivity contribution in [2.24, 2.45) is 0 Å². The van der Waals surface area contributed by atoms with Gasteiger partial charge in [0, 0.05) is 31.5 Å². The lowest BCUT2D eigenvalue weighted by molar-refractivity contribution is -0.127. The van der Waals surface area contributed by atoms with Gasteiger partial charge in [0.25, 0.3) is 0 Å². The zero-order valence-electron chi connectivity index (χ0n) is 11.9. The molecule has 20 heavy (non-hydrogen) atoms. The summed E-state index contributed by atoms with van der Waals surface area (Å²) in [5, 5.41) is 0. The van der Waals surface area contributed by atoms with Crippen molar-refractivity contribution in [3.8, 4) is 0 Å². The molecule has 1 aliphatic rings. The maximum atomic E-state index is 12.2. The molecule has 1 heterocycles. The van der Waals surface area contributed by atoms with E-state index >= 15 is 0 Å². The predicted molar refractivity (Wildman–Crippen MR) is 81.1 cm³/mol. The van der Waals surface area contributed by atoms with Gasteiger partial charge in [0.05, 0.1) is 6.10 Å². The molecule has 0 aromatic heterocycles. The highest BCUT2D eigenvalue weighted by molar-refractivity contribution is 5.91. The second-order valence-electron chi connectivity index (χ2n) is 5.02. The second kappa shape index (κ2) is 7.10.